The summed E-state index contributed by atoms with van der Waals surface area (Å²) in [6.07, 6.45) is 1.08. The molecule has 0 aliphatic carbocycles. The number of carbonyl (C=O) groups is 2. The Morgan fingerprint density at radius 3 is 2.30 bits per heavy atom. The third-order valence-corrected chi connectivity index (χ3v) is 6.68. The largest absolute Gasteiger partial charge is 0.491 e. The molecule has 0 unspecified atom stereocenters. The molecule has 1 N–H and O–H groups in total. The van der Waals surface area contributed by atoms with E-state index in [0.717, 1.165) is 41.5 Å². The lowest BCUT2D eigenvalue weighted by Gasteiger charge is -2.36. The highest BCUT2D eigenvalue weighted by Gasteiger charge is 2.22. The minimum Gasteiger partial charge on any atom is -0.491 e. The predicted octanol–water partition coefficient (Wildman–Crippen LogP) is 5.14. The Balaban J connectivity index is 1.29. The van der Waals surface area contributed by atoms with Crippen LogP contribution in [0.25, 0.3) is 0 Å². The number of anilines is 2. The van der Waals surface area contributed by atoms with Crippen LogP contribution in [0.1, 0.15) is 40.3 Å². The van der Waals surface area contributed by atoms with Gasteiger partial charge in [0.1, 0.15) is 5.75 Å². The zero-order valence-corrected chi connectivity index (χ0v) is 19.8. The molecule has 33 heavy (non-hydrogen) atoms. The van der Waals surface area contributed by atoms with Gasteiger partial charge in [0.25, 0.3) is 11.8 Å². The summed E-state index contributed by atoms with van der Waals surface area (Å²) in [5.74, 6) is 0.725. The van der Waals surface area contributed by atoms with Crippen LogP contribution >= 0.6 is 11.3 Å². The Bertz CT molecular complexity index is 1060. The average molecular weight is 464 g/mol. The van der Waals surface area contributed by atoms with Crippen LogP contribution < -0.4 is 15.0 Å². The molecule has 6 nitrogen and oxygen atoms in total. The molecule has 1 aliphatic heterocycles. The maximum atomic E-state index is 12.6. The molecule has 2 heterocycles. The van der Waals surface area contributed by atoms with Crippen LogP contribution in [0.5, 0.6) is 5.75 Å². The monoisotopic (exact) mass is 463 g/mol. The first-order valence-electron chi connectivity index (χ1n) is 11.3. The first-order chi connectivity index (χ1) is 16.0. The minimum atomic E-state index is -0.154. The average Bonchev–Trinajstić information content (AvgIpc) is 3.39. The van der Waals surface area contributed by atoms with Crippen molar-refractivity contribution < 1.29 is 14.3 Å². The summed E-state index contributed by atoms with van der Waals surface area (Å²) >= 11 is 1.48. The maximum absolute atomic E-state index is 12.6. The molecular weight excluding hydrogens is 434 g/mol. The number of amides is 2. The molecule has 0 spiro atoms. The van der Waals surface area contributed by atoms with Gasteiger partial charge in [0, 0.05) is 43.1 Å². The van der Waals surface area contributed by atoms with E-state index in [4.69, 9.17) is 4.74 Å². The van der Waals surface area contributed by atoms with Crippen LogP contribution in [-0.4, -0.2) is 49.0 Å². The smallest absolute Gasteiger partial charge is 0.264 e. The van der Waals surface area contributed by atoms with E-state index in [1.165, 1.54) is 11.3 Å². The molecule has 1 aromatic heterocycles. The van der Waals surface area contributed by atoms with Gasteiger partial charge in [0.2, 0.25) is 0 Å². The van der Waals surface area contributed by atoms with Crippen molar-refractivity contribution in [2.75, 3.05) is 36.4 Å². The minimum absolute atomic E-state index is 0.113. The zero-order valence-electron chi connectivity index (χ0n) is 19.0. The van der Waals surface area contributed by atoms with Crippen LogP contribution in [0.4, 0.5) is 11.4 Å². The van der Waals surface area contributed by atoms with E-state index >= 15 is 0 Å². The van der Waals surface area contributed by atoms with Crippen molar-refractivity contribution in [3.63, 3.8) is 0 Å². The van der Waals surface area contributed by atoms with Gasteiger partial charge in [-0.15, -0.1) is 11.3 Å². The van der Waals surface area contributed by atoms with Gasteiger partial charge in [-0.1, -0.05) is 13.0 Å². The highest BCUT2D eigenvalue weighted by molar-refractivity contribution is 7.12. The number of benzene rings is 2. The second kappa shape index (κ2) is 10.5. The lowest BCUT2D eigenvalue weighted by Crippen LogP contribution is -2.48. The molecule has 2 amide bonds. The molecule has 1 aliphatic rings. The fraction of sp³-hybridized carbons (Fsp3) is 0.308. The number of carbonyl (C=O) groups excluding carboxylic acids is 2. The van der Waals surface area contributed by atoms with Crippen molar-refractivity contribution in [1.82, 2.24) is 4.90 Å². The summed E-state index contributed by atoms with van der Waals surface area (Å²) in [6, 6.07) is 18.8. The first-order valence-corrected chi connectivity index (χ1v) is 12.2. The number of nitrogens with zero attached hydrogens (tertiary/aromatic N) is 2. The molecule has 0 radical (unpaired) electrons. The van der Waals surface area contributed by atoms with E-state index in [0.29, 0.717) is 18.7 Å². The third-order valence-electron chi connectivity index (χ3n) is 5.82. The van der Waals surface area contributed by atoms with E-state index in [2.05, 4.69) is 17.1 Å². The molecule has 1 saturated heterocycles. The molecule has 7 heteroatoms. The van der Waals surface area contributed by atoms with Crippen molar-refractivity contribution >= 4 is 34.5 Å². The summed E-state index contributed by atoms with van der Waals surface area (Å²) in [6.45, 7) is 7.07. The summed E-state index contributed by atoms with van der Waals surface area (Å²) in [4.78, 5) is 30.1. The van der Waals surface area contributed by atoms with Crippen molar-refractivity contribution in [2.24, 2.45) is 0 Å². The highest BCUT2D eigenvalue weighted by Crippen LogP contribution is 2.22. The van der Waals surface area contributed by atoms with Crippen LogP contribution in [-0.2, 0) is 0 Å². The van der Waals surface area contributed by atoms with Gasteiger partial charge in [-0.05, 0) is 73.3 Å². The topological polar surface area (TPSA) is 61.9 Å². The number of thiophene rings is 1. The molecule has 0 saturated carbocycles. The van der Waals surface area contributed by atoms with Gasteiger partial charge in [-0.25, -0.2) is 0 Å². The number of rotatable bonds is 7. The highest BCUT2D eigenvalue weighted by atomic mass is 32.1. The van der Waals surface area contributed by atoms with Gasteiger partial charge in [-0.3, -0.25) is 9.59 Å². The molecular formula is C26H29N3O3S. The quantitative estimate of drug-likeness (QED) is 0.527. The fourth-order valence-corrected chi connectivity index (χ4v) is 4.37. The third kappa shape index (κ3) is 5.73. The molecule has 1 fully saturated rings. The fourth-order valence-electron chi connectivity index (χ4n) is 3.68. The van der Waals surface area contributed by atoms with E-state index < -0.39 is 0 Å². The van der Waals surface area contributed by atoms with Crippen molar-refractivity contribution in [2.45, 2.75) is 26.4 Å². The predicted molar refractivity (Wildman–Crippen MR) is 134 cm³/mol. The van der Waals surface area contributed by atoms with Gasteiger partial charge in [0.15, 0.2) is 0 Å². The number of piperazine rings is 1. The van der Waals surface area contributed by atoms with E-state index in [1.807, 2.05) is 65.7 Å². The van der Waals surface area contributed by atoms with Crippen molar-refractivity contribution in [3.05, 3.63) is 76.5 Å². The summed E-state index contributed by atoms with van der Waals surface area (Å²) in [5.41, 5.74) is 2.42. The Labute approximate surface area is 198 Å². The molecule has 0 bridgehead atoms. The normalized spacial score (nSPS) is 14.6. The van der Waals surface area contributed by atoms with E-state index in [9.17, 15) is 9.59 Å². The Hall–Kier alpha value is -3.32. The number of hydrogen-bond acceptors (Lipinski definition) is 5. The molecule has 1 atom stereocenters. The summed E-state index contributed by atoms with van der Waals surface area (Å²) in [7, 11) is 0. The van der Waals surface area contributed by atoms with Crippen molar-refractivity contribution in [1.29, 1.82) is 0 Å². The zero-order chi connectivity index (χ0) is 23.2. The number of nitrogens with one attached hydrogen (secondary N) is 1. The van der Waals surface area contributed by atoms with E-state index in [1.54, 1.807) is 12.1 Å². The van der Waals surface area contributed by atoms with E-state index in [-0.39, 0.29) is 17.9 Å². The summed E-state index contributed by atoms with van der Waals surface area (Å²) < 4.78 is 5.77. The first kappa shape index (κ1) is 22.9. The second-order valence-electron chi connectivity index (χ2n) is 8.12. The number of hydrogen-bond donors (Lipinski definition) is 1. The SMILES string of the molecule is CC[C@@H](C)Oc1ccc(C(=O)Nc2ccc(N3CCN(C(=O)c4cccs4)CC3)cc2)cc1. The maximum Gasteiger partial charge on any atom is 0.264 e. The van der Waals surface area contributed by atoms with Crippen LogP contribution in [0.15, 0.2) is 66.0 Å². The lowest BCUT2D eigenvalue weighted by atomic mass is 10.2. The van der Waals surface area contributed by atoms with Crippen LogP contribution in [0.2, 0.25) is 0 Å². The molecule has 3 aromatic rings. The Morgan fingerprint density at radius 2 is 1.70 bits per heavy atom. The van der Waals surface area contributed by atoms with Gasteiger partial charge in [-0.2, -0.15) is 0 Å². The van der Waals surface area contributed by atoms with Crippen LogP contribution in [0.3, 0.4) is 0 Å². The van der Waals surface area contributed by atoms with Crippen LogP contribution in [0, 0.1) is 0 Å². The Morgan fingerprint density at radius 1 is 1.00 bits per heavy atom. The van der Waals surface area contributed by atoms with Gasteiger partial charge < -0.3 is 19.9 Å². The standard InChI is InChI=1S/C26H29N3O3S/c1-3-19(2)32-23-12-6-20(7-13-23)25(30)27-21-8-10-22(11-9-21)28-14-16-29(17-15-28)26(31)24-5-4-18-33-24/h4-13,18-19H,3,14-17H2,1-2H3,(H,27,30)/t19-/m1/s1. The number of ether oxygens (including phenoxy) is 1. The van der Waals surface area contributed by atoms with Crippen molar-refractivity contribution in [3.8, 4) is 5.75 Å². The Kier molecular flexibility index (Phi) is 7.29. The lowest BCUT2D eigenvalue weighted by molar-refractivity contribution is 0.0751. The summed E-state index contributed by atoms with van der Waals surface area (Å²) in [5, 5.41) is 4.88. The molecule has 2 aromatic carbocycles. The van der Waals surface area contributed by atoms with Gasteiger partial charge >= 0.3 is 0 Å². The van der Waals surface area contributed by atoms with Gasteiger partial charge in [0.05, 0.1) is 11.0 Å². The molecule has 172 valence electrons. The molecule has 4 rings (SSSR count). The second-order valence-corrected chi connectivity index (χ2v) is 9.07.